The van der Waals surface area contributed by atoms with E-state index in [2.05, 4.69) is 4.74 Å². The van der Waals surface area contributed by atoms with Crippen LogP contribution >= 0.6 is 0 Å². The van der Waals surface area contributed by atoms with Gasteiger partial charge < -0.3 is 14.7 Å². The van der Waals surface area contributed by atoms with Crippen molar-refractivity contribution >= 4 is 17.8 Å². The molecule has 1 saturated heterocycles. The van der Waals surface area contributed by atoms with Crippen LogP contribution in [-0.4, -0.2) is 47.0 Å². The molecule has 1 N–H and O–H groups in total. The molecule has 0 aromatic rings. The third kappa shape index (κ3) is 2.93. The molecule has 0 aliphatic carbocycles. The minimum Gasteiger partial charge on any atom is -0.480 e. The zero-order valence-electron chi connectivity index (χ0n) is 8.43. The number of carbonyl (C=O) groups is 3. The Kier molecular flexibility index (Phi) is 3.65. The maximum absolute atomic E-state index is 11.4. The van der Waals surface area contributed by atoms with E-state index in [1.54, 1.807) is 0 Å². The Labute approximate surface area is 86.8 Å². The lowest BCUT2D eigenvalue weighted by molar-refractivity contribution is -0.154. The summed E-state index contributed by atoms with van der Waals surface area (Å²) in [6.45, 7) is 1.24. The largest absolute Gasteiger partial charge is 0.480 e. The first kappa shape index (κ1) is 11.5. The number of carboxylic acid groups (broad SMARTS) is 1. The Hall–Kier alpha value is -1.59. The number of nitrogens with zero attached hydrogens (tertiary/aromatic N) is 1. The molecule has 0 aromatic heterocycles. The molecule has 1 atom stereocenters. The average Bonchev–Trinajstić information content (AvgIpc) is 2.62. The Morgan fingerprint density at radius 2 is 2.13 bits per heavy atom. The molecule has 0 saturated carbocycles. The maximum atomic E-state index is 11.4. The summed E-state index contributed by atoms with van der Waals surface area (Å²) in [4.78, 5) is 33.9. The van der Waals surface area contributed by atoms with Gasteiger partial charge >= 0.3 is 11.9 Å². The van der Waals surface area contributed by atoms with Gasteiger partial charge in [-0.1, -0.05) is 0 Å². The van der Waals surface area contributed by atoms with E-state index < -0.39 is 23.9 Å². The van der Waals surface area contributed by atoms with Crippen LogP contribution in [0, 0.1) is 0 Å². The molecule has 6 nitrogen and oxygen atoms in total. The van der Waals surface area contributed by atoms with E-state index in [9.17, 15) is 14.4 Å². The monoisotopic (exact) mass is 215 g/mol. The molecule has 15 heavy (non-hydrogen) atoms. The van der Waals surface area contributed by atoms with Gasteiger partial charge in [0.15, 0.2) is 6.61 Å². The van der Waals surface area contributed by atoms with E-state index in [4.69, 9.17) is 5.11 Å². The molecule has 1 rings (SSSR count). The zero-order valence-corrected chi connectivity index (χ0v) is 8.43. The molecule has 1 amide bonds. The minimum atomic E-state index is -1.01. The fourth-order valence-electron chi connectivity index (χ4n) is 1.57. The summed E-state index contributed by atoms with van der Waals surface area (Å²) in [5, 5.41) is 8.81. The van der Waals surface area contributed by atoms with Crippen molar-refractivity contribution in [3.05, 3.63) is 0 Å². The van der Waals surface area contributed by atoms with Gasteiger partial charge in [-0.25, -0.2) is 4.79 Å². The van der Waals surface area contributed by atoms with Crippen molar-refractivity contribution in [2.45, 2.75) is 25.8 Å². The smallest absolute Gasteiger partial charge is 0.326 e. The van der Waals surface area contributed by atoms with Crippen LogP contribution in [0.5, 0.6) is 0 Å². The zero-order chi connectivity index (χ0) is 11.4. The Balaban J connectivity index is 2.51. The van der Waals surface area contributed by atoms with Crippen molar-refractivity contribution in [1.29, 1.82) is 0 Å². The molecule has 0 bridgehead atoms. The van der Waals surface area contributed by atoms with Gasteiger partial charge in [0.25, 0.3) is 5.91 Å². The molecular formula is C9H13NO5. The quantitative estimate of drug-likeness (QED) is 0.649. The van der Waals surface area contributed by atoms with E-state index in [1.165, 1.54) is 11.8 Å². The molecule has 0 aromatic carbocycles. The van der Waals surface area contributed by atoms with Crippen molar-refractivity contribution in [1.82, 2.24) is 4.90 Å². The van der Waals surface area contributed by atoms with E-state index in [-0.39, 0.29) is 6.61 Å². The molecule has 0 unspecified atom stereocenters. The molecule has 0 spiro atoms. The first-order valence-corrected chi connectivity index (χ1v) is 4.68. The highest BCUT2D eigenvalue weighted by Gasteiger charge is 2.33. The Morgan fingerprint density at radius 1 is 1.47 bits per heavy atom. The number of amides is 1. The van der Waals surface area contributed by atoms with Gasteiger partial charge in [-0.2, -0.15) is 0 Å². The molecule has 1 fully saturated rings. The minimum absolute atomic E-state index is 0.376. The van der Waals surface area contributed by atoms with Crippen molar-refractivity contribution in [2.75, 3.05) is 13.2 Å². The second-order valence-corrected chi connectivity index (χ2v) is 3.36. The molecule has 84 valence electrons. The fraction of sp³-hybridized carbons (Fsp3) is 0.667. The number of esters is 1. The lowest BCUT2D eigenvalue weighted by Gasteiger charge is -2.20. The van der Waals surface area contributed by atoms with E-state index in [0.717, 1.165) is 0 Å². The van der Waals surface area contributed by atoms with Crippen LogP contribution in [0.15, 0.2) is 0 Å². The van der Waals surface area contributed by atoms with Crippen LogP contribution in [0.3, 0.4) is 0 Å². The molecule has 0 radical (unpaired) electrons. The molecule has 6 heteroatoms. The van der Waals surface area contributed by atoms with Crippen molar-refractivity contribution < 1.29 is 24.2 Å². The Bertz CT molecular complexity index is 288. The molecule has 1 aliphatic rings. The van der Waals surface area contributed by atoms with Crippen LogP contribution in [0.4, 0.5) is 0 Å². The summed E-state index contributed by atoms with van der Waals surface area (Å²) < 4.78 is 4.52. The third-order valence-corrected chi connectivity index (χ3v) is 2.26. The lowest BCUT2D eigenvalue weighted by Crippen LogP contribution is -2.42. The highest BCUT2D eigenvalue weighted by Crippen LogP contribution is 2.17. The number of aliphatic carboxylic acids is 1. The number of hydrogen-bond donors (Lipinski definition) is 1. The SMILES string of the molecule is CC(=O)OCC(=O)N1CCC[C@H]1C(=O)O. The van der Waals surface area contributed by atoms with Gasteiger partial charge in [-0.15, -0.1) is 0 Å². The summed E-state index contributed by atoms with van der Waals surface area (Å²) in [5.74, 6) is -2.01. The summed E-state index contributed by atoms with van der Waals surface area (Å²) in [7, 11) is 0. The van der Waals surface area contributed by atoms with Gasteiger partial charge in [0.05, 0.1) is 0 Å². The van der Waals surface area contributed by atoms with Crippen molar-refractivity contribution in [3.63, 3.8) is 0 Å². The molecule has 1 aliphatic heterocycles. The van der Waals surface area contributed by atoms with E-state index in [0.29, 0.717) is 19.4 Å². The van der Waals surface area contributed by atoms with Crippen LogP contribution in [0.25, 0.3) is 0 Å². The van der Waals surface area contributed by atoms with Crippen LogP contribution < -0.4 is 0 Å². The topological polar surface area (TPSA) is 83.9 Å². The highest BCUT2D eigenvalue weighted by atomic mass is 16.5. The van der Waals surface area contributed by atoms with Crippen molar-refractivity contribution in [3.8, 4) is 0 Å². The van der Waals surface area contributed by atoms with Gasteiger partial charge in [-0.05, 0) is 12.8 Å². The average molecular weight is 215 g/mol. The molecular weight excluding hydrogens is 202 g/mol. The third-order valence-electron chi connectivity index (χ3n) is 2.26. The van der Waals surface area contributed by atoms with Gasteiger partial charge in [0.2, 0.25) is 0 Å². The number of carboxylic acids is 1. The first-order valence-electron chi connectivity index (χ1n) is 4.68. The standard InChI is InChI=1S/C9H13NO5/c1-6(11)15-5-8(12)10-4-2-3-7(10)9(13)14/h7H,2-5H2,1H3,(H,13,14)/t7-/m0/s1. The first-order chi connectivity index (χ1) is 7.02. The number of hydrogen-bond acceptors (Lipinski definition) is 4. The van der Waals surface area contributed by atoms with E-state index in [1.807, 2.05) is 0 Å². The second-order valence-electron chi connectivity index (χ2n) is 3.36. The maximum Gasteiger partial charge on any atom is 0.326 e. The number of rotatable bonds is 3. The van der Waals surface area contributed by atoms with Crippen molar-refractivity contribution in [2.24, 2.45) is 0 Å². The number of carbonyl (C=O) groups excluding carboxylic acids is 2. The predicted octanol–water partition coefficient (Wildman–Crippen LogP) is -0.375. The van der Waals surface area contributed by atoms with Crippen LogP contribution in [0.2, 0.25) is 0 Å². The second kappa shape index (κ2) is 4.77. The number of ether oxygens (including phenoxy) is 1. The predicted molar refractivity (Wildman–Crippen MR) is 49.0 cm³/mol. The summed E-state index contributed by atoms with van der Waals surface area (Å²) >= 11 is 0. The fourth-order valence-corrected chi connectivity index (χ4v) is 1.57. The van der Waals surface area contributed by atoms with Crippen LogP contribution in [0.1, 0.15) is 19.8 Å². The summed E-state index contributed by atoms with van der Waals surface area (Å²) in [5.41, 5.74) is 0. The van der Waals surface area contributed by atoms with Crippen LogP contribution in [-0.2, 0) is 19.1 Å². The lowest BCUT2D eigenvalue weighted by atomic mass is 10.2. The highest BCUT2D eigenvalue weighted by molar-refractivity contribution is 5.86. The van der Waals surface area contributed by atoms with Gasteiger partial charge in [-0.3, -0.25) is 9.59 Å². The summed E-state index contributed by atoms with van der Waals surface area (Å²) in [6, 6.07) is -0.770. The summed E-state index contributed by atoms with van der Waals surface area (Å²) in [6.07, 6.45) is 1.13. The normalized spacial score (nSPS) is 20.1. The van der Waals surface area contributed by atoms with Gasteiger partial charge in [0, 0.05) is 13.5 Å². The number of likely N-dealkylation sites (tertiary alicyclic amines) is 1. The molecule has 1 heterocycles. The Morgan fingerprint density at radius 3 is 2.67 bits per heavy atom. The van der Waals surface area contributed by atoms with E-state index >= 15 is 0 Å². The van der Waals surface area contributed by atoms with Gasteiger partial charge in [0.1, 0.15) is 6.04 Å².